The Bertz CT molecular complexity index is 868. The summed E-state index contributed by atoms with van der Waals surface area (Å²) >= 11 is 0. The van der Waals surface area contributed by atoms with Crippen LogP contribution in [0.1, 0.15) is 28.0 Å². The third kappa shape index (κ3) is 5.91. The summed E-state index contributed by atoms with van der Waals surface area (Å²) in [5, 5.41) is 3.39. The number of rotatable bonds is 9. The van der Waals surface area contributed by atoms with Gasteiger partial charge in [-0.1, -0.05) is 30.3 Å². The minimum absolute atomic E-state index is 0.0676. The van der Waals surface area contributed by atoms with Crippen molar-refractivity contribution in [2.45, 2.75) is 19.3 Å². The van der Waals surface area contributed by atoms with Crippen molar-refractivity contribution >= 4 is 11.6 Å². The lowest BCUT2D eigenvalue weighted by Gasteiger charge is -2.17. The van der Waals surface area contributed by atoms with Gasteiger partial charge in [0.2, 0.25) is 0 Å². The molecule has 0 saturated carbocycles. The number of benzene rings is 1. The van der Waals surface area contributed by atoms with Crippen molar-refractivity contribution in [3.05, 3.63) is 90.0 Å². The van der Waals surface area contributed by atoms with Crippen LogP contribution in [-0.2, 0) is 12.8 Å². The van der Waals surface area contributed by atoms with E-state index in [0.717, 1.165) is 37.1 Å². The van der Waals surface area contributed by atoms with Gasteiger partial charge in [-0.3, -0.25) is 14.8 Å². The van der Waals surface area contributed by atoms with E-state index in [4.69, 9.17) is 0 Å². The number of carbonyl (C=O) groups is 1. The molecule has 0 unspecified atom stereocenters. The number of carbonyl (C=O) groups excluding carboxylic acids is 1. The number of nitrogens with one attached hydrogen (secondary N) is 1. The van der Waals surface area contributed by atoms with Crippen LogP contribution in [0.5, 0.6) is 0 Å². The summed E-state index contributed by atoms with van der Waals surface area (Å²) in [5.41, 5.74) is 3.89. The van der Waals surface area contributed by atoms with Crippen molar-refractivity contribution in [1.82, 2.24) is 14.9 Å². The molecule has 0 atom stereocenters. The lowest BCUT2D eigenvalue weighted by atomic mass is 10.1. The topological polar surface area (TPSA) is 58.1 Å². The highest BCUT2D eigenvalue weighted by Gasteiger charge is 2.13. The van der Waals surface area contributed by atoms with Gasteiger partial charge in [-0.05, 0) is 54.7 Å². The van der Waals surface area contributed by atoms with Gasteiger partial charge in [-0.2, -0.15) is 0 Å². The molecule has 3 rings (SSSR count). The van der Waals surface area contributed by atoms with Crippen LogP contribution in [-0.4, -0.2) is 40.9 Å². The third-order valence-corrected chi connectivity index (χ3v) is 4.63. The highest BCUT2D eigenvalue weighted by molar-refractivity contribution is 5.92. The molecule has 0 aliphatic rings. The zero-order chi connectivity index (χ0) is 19.6. The van der Waals surface area contributed by atoms with Gasteiger partial charge in [0, 0.05) is 44.4 Å². The molecule has 3 aromatic rings. The van der Waals surface area contributed by atoms with Gasteiger partial charge < -0.3 is 10.2 Å². The number of likely N-dealkylation sites (N-methyl/N-ethyl adjacent to an activating group) is 1. The molecule has 144 valence electrons. The van der Waals surface area contributed by atoms with Crippen LogP contribution < -0.4 is 5.32 Å². The maximum absolute atomic E-state index is 12.7. The molecule has 0 spiro atoms. The third-order valence-electron chi connectivity index (χ3n) is 4.63. The molecule has 1 aromatic carbocycles. The number of aryl methyl sites for hydroxylation is 1. The van der Waals surface area contributed by atoms with Crippen molar-refractivity contribution in [2.75, 3.05) is 25.5 Å². The summed E-state index contributed by atoms with van der Waals surface area (Å²) < 4.78 is 0. The zero-order valence-electron chi connectivity index (χ0n) is 16.2. The van der Waals surface area contributed by atoms with Gasteiger partial charge in [0.15, 0.2) is 0 Å². The maximum Gasteiger partial charge on any atom is 0.272 e. The first-order valence-corrected chi connectivity index (χ1v) is 9.60. The summed E-state index contributed by atoms with van der Waals surface area (Å²) in [6.07, 6.45) is 8.08. The molecule has 1 amide bonds. The van der Waals surface area contributed by atoms with E-state index in [9.17, 15) is 4.79 Å². The molecule has 2 aromatic heterocycles. The molecule has 0 fully saturated rings. The smallest absolute Gasteiger partial charge is 0.272 e. The van der Waals surface area contributed by atoms with E-state index in [1.165, 1.54) is 5.56 Å². The number of hydrogen-bond donors (Lipinski definition) is 1. The van der Waals surface area contributed by atoms with Gasteiger partial charge in [0.05, 0.1) is 0 Å². The fourth-order valence-electron chi connectivity index (χ4n) is 2.97. The maximum atomic E-state index is 12.7. The molecule has 0 aliphatic carbocycles. The van der Waals surface area contributed by atoms with Crippen molar-refractivity contribution in [3.63, 3.8) is 0 Å². The Balaban J connectivity index is 1.48. The zero-order valence-corrected chi connectivity index (χ0v) is 16.2. The number of nitrogens with zero attached hydrogens (tertiary/aromatic N) is 3. The number of pyridine rings is 2. The van der Waals surface area contributed by atoms with Crippen LogP contribution in [0.15, 0.2) is 73.2 Å². The predicted octanol–water partition coefficient (Wildman–Crippen LogP) is 3.84. The second-order valence-corrected chi connectivity index (χ2v) is 6.78. The van der Waals surface area contributed by atoms with E-state index in [0.29, 0.717) is 12.2 Å². The first kappa shape index (κ1) is 19.5. The number of hydrogen-bond acceptors (Lipinski definition) is 4. The molecule has 5 heteroatoms. The van der Waals surface area contributed by atoms with Crippen LogP contribution in [0, 0.1) is 0 Å². The largest absolute Gasteiger partial charge is 0.385 e. The average Bonchev–Trinajstić information content (AvgIpc) is 2.76. The van der Waals surface area contributed by atoms with Gasteiger partial charge in [-0.25, -0.2) is 0 Å². The Morgan fingerprint density at radius 2 is 1.71 bits per heavy atom. The summed E-state index contributed by atoms with van der Waals surface area (Å²) in [6.45, 7) is 1.49. The Hall–Kier alpha value is -3.21. The second kappa shape index (κ2) is 10.2. The summed E-state index contributed by atoms with van der Waals surface area (Å²) in [6, 6.07) is 18.1. The van der Waals surface area contributed by atoms with Crippen LogP contribution in [0.4, 0.5) is 5.69 Å². The Morgan fingerprint density at radius 3 is 2.50 bits per heavy atom. The fraction of sp³-hybridized carbons (Fsp3) is 0.261. The SMILES string of the molecule is CN(CCc1ccncc1)C(=O)c1cc(NCCCc2ccccc2)ccn1. The fourth-order valence-corrected chi connectivity index (χ4v) is 2.97. The normalized spacial score (nSPS) is 10.5. The molecule has 0 radical (unpaired) electrons. The van der Waals surface area contributed by atoms with Crippen molar-refractivity contribution in [1.29, 1.82) is 0 Å². The Labute approximate surface area is 166 Å². The summed E-state index contributed by atoms with van der Waals surface area (Å²) in [5.74, 6) is -0.0676. The van der Waals surface area contributed by atoms with Crippen molar-refractivity contribution in [3.8, 4) is 0 Å². The number of anilines is 1. The van der Waals surface area contributed by atoms with Crippen LogP contribution in [0.3, 0.4) is 0 Å². The molecule has 0 saturated heterocycles. The van der Waals surface area contributed by atoms with E-state index in [1.54, 1.807) is 23.5 Å². The quantitative estimate of drug-likeness (QED) is 0.578. The van der Waals surface area contributed by atoms with Gasteiger partial charge in [0.25, 0.3) is 5.91 Å². The Kier molecular flexibility index (Phi) is 7.13. The molecule has 2 heterocycles. The van der Waals surface area contributed by atoms with E-state index in [2.05, 4.69) is 39.6 Å². The molecular weight excluding hydrogens is 348 g/mol. The first-order valence-electron chi connectivity index (χ1n) is 9.60. The number of aromatic nitrogens is 2. The molecule has 0 bridgehead atoms. The van der Waals surface area contributed by atoms with Crippen LogP contribution >= 0.6 is 0 Å². The summed E-state index contributed by atoms with van der Waals surface area (Å²) in [4.78, 5) is 22.6. The highest BCUT2D eigenvalue weighted by Crippen LogP contribution is 2.11. The first-order chi connectivity index (χ1) is 13.7. The molecular formula is C23H26N4O. The second-order valence-electron chi connectivity index (χ2n) is 6.78. The standard InChI is InChI=1S/C23H26N4O/c1-27(17-12-20-9-14-24-15-10-20)23(28)22-18-21(11-16-26-22)25-13-5-8-19-6-3-2-4-7-19/h2-4,6-7,9-11,14-16,18H,5,8,12-13,17H2,1H3,(H,25,26). The van der Waals surface area contributed by atoms with Crippen LogP contribution in [0.2, 0.25) is 0 Å². The molecule has 5 nitrogen and oxygen atoms in total. The van der Waals surface area contributed by atoms with E-state index < -0.39 is 0 Å². The Morgan fingerprint density at radius 1 is 0.964 bits per heavy atom. The predicted molar refractivity (Wildman–Crippen MR) is 112 cm³/mol. The minimum Gasteiger partial charge on any atom is -0.385 e. The van der Waals surface area contributed by atoms with E-state index in [-0.39, 0.29) is 5.91 Å². The minimum atomic E-state index is -0.0676. The monoisotopic (exact) mass is 374 g/mol. The molecule has 0 aliphatic heterocycles. The van der Waals surface area contributed by atoms with Gasteiger partial charge in [-0.15, -0.1) is 0 Å². The van der Waals surface area contributed by atoms with Gasteiger partial charge in [0.1, 0.15) is 5.69 Å². The van der Waals surface area contributed by atoms with Crippen molar-refractivity contribution in [2.24, 2.45) is 0 Å². The molecule has 28 heavy (non-hydrogen) atoms. The number of amides is 1. The van der Waals surface area contributed by atoms with Gasteiger partial charge >= 0.3 is 0 Å². The highest BCUT2D eigenvalue weighted by atomic mass is 16.2. The average molecular weight is 374 g/mol. The lowest BCUT2D eigenvalue weighted by Crippen LogP contribution is -2.29. The van der Waals surface area contributed by atoms with E-state index in [1.807, 2.05) is 37.4 Å². The summed E-state index contributed by atoms with van der Waals surface area (Å²) in [7, 11) is 1.81. The van der Waals surface area contributed by atoms with Crippen LogP contribution in [0.25, 0.3) is 0 Å². The lowest BCUT2D eigenvalue weighted by molar-refractivity contribution is 0.0791. The van der Waals surface area contributed by atoms with Crippen molar-refractivity contribution < 1.29 is 4.79 Å². The molecule has 1 N–H and O–H groups in total. The van der Waals surface area contributed by atoms with E-state index >= 15 is 0 Å².